The number of alkyl halides is 2. The Balaban J connectivity index is 0. The molecule has 0 amide bonds. The summed E-state index contributed by atoms with van der Waals surface area (Å²) in [5.41, 5.74) is 6.43. The van der Waals surface area contributed by atoms with Crippen LogP contribution in [0.1, 0.15) is 33.3 Å². The fourth-order valence-electron chi connectivity index (χ4n) is 0.765. The van der Waals surface area contributed by atoms with Crippen LogP contribution in [0.15, 0.2) is 29.3 Å². The number of para-hydroxylation sites is 1. The minimum absolute atomic E-state index is 0.446. The number of hydrogen-bond acceptors (Lipinski definition) is 2. The van der Waals surface area contributed by atoms with E-state index in [-0.39, 0.29) is 0 Å². The quantitative estimate of drug-likeness (QED) is 0.466. The van der Waals surface area contributed by atoms with Crippen LogP contribution in [0.25, 0.3) is 0 Å². The van der Waals surface area contributed by atoms with Crippen LogP contribution in [-0.4, -0.2) is 12.8 Å². The minimum Gasteiger partial charge on any atom is -0.398 e. The van der Waals surface area contributed by atoms with Gasteiger partial charge < -0.3 is 5.73 Å². The predicted molar refractivity (Wildman–Crippen MR) is 67.1 cm³/mol. The van der Waals surface area contributed by atoms with Gasteiger partial charge in [0.25, 0.3) is 0 Å². The molecule has 0 unspecified atom stereocenters. The number of benzene rings is 1. The molecule has 0 spiro atoms. The second-order valence-electron chi connectivity index (χ2n) is 2.18. The van der Waals surface area contributed by atoms with E-state index in [0.29, 0.717) is 11.3 Å². The Morgan fingerprint density at radius 2 is 1.62 bits per heavy atom. The summed E-state index contributed by atoms with van der Waals surface area (Å²) in [5.74, 6) is 0. The molecule has 4 heteroatoms. The summed E-state index contributed by atoms with van der Waals surface area (Å²) >= 11 is 0. The first-order valence-corrected chi connectivity index (χ1v) is 5.36. The topological polar surface area (TPSA) is 38.4 Å². The summed E-state index contributed by atoms with van der Waals surface area (Å²) in [6.07, 6.45) is 1.07. The van der Waals surface area contributed by atoms with Crippen molar-refractivity contribution in [1.82, 2.24) is 0 Å². The SMILES string of the molecule is CC.CC.Nc1ccccc1/C=N/C(F)F. The van der Waals surface area contributed by atoms with E-state index in [9.17, 15) is 8.78 Å². The number of anilines is 1. The molecule has 0 aliphatic carbocycles. The molecule has 0 aliphatic heterocycles. The molecule has 2 nitrogen and oxygen atoms in total. The number of aliphatic imine (C=N–C) groups is 1. The summed E-state index contributed by atoms with van der Waals surface area (Å²) < 4.78 is 23.2. The first-order chi connectivity index (χ1) is 7.70. The average molecular weight is 230 g/mol. The molecule has 0 heterocycles. The highest BCUT2D eigenvalue weighted by Gasteiger charge is 1.96. The zero-order valence-electron chi connectivity index (χ0n) is 10.2. The maximum atomic E-state index is 11.6. The number of nitrogen functional groups attached to an aromatic ring is 1. The van der Waals surface area contributed by atoms with Gasteiger partial charge in [-0.3, -0.25) is 0 Å². The fourth-order valence-corrected chi connectivity index (χ4v) is 0.765. The van der Waals surface area contributed by atoms with Crippen LogP contribution < -0.4 is 5.73 Å². The largest absolute Gasteiger partial charge is 0.398 e. The zero-order valence-corrected chi connectivity index (χ0v) is 10.2. The van der Waals surface area contributed by atoms with Crippen LogP contribution >= 0.6 is 0 Å². The van der Waals surface area contributed by atoms with Crippen LogP contribution in [-0.2, 0) is 0 Å². The lowest BCUT2D eigenvalue weighted by Gasteiger charge is -1.96. The van der Waals surface area contributed by atoms with Gasteiger partial charge in [-0.25, -0.2) is 4.99 Å². The fraction of sp³-hybridized carbons (Fsp3) is 0.417. The van der Waals surface area contributed by atoms with Crippen molar-refractivity contribution >= 4 is 11.9 Å². The van der Waals surface area contributed by atoms with Gasteiger partial charge in [-0.15, -0.1) is 0 Å². The summed E-state index contributed by atoms with van der Waals surface area (Å²) in [5, 5.41) is 0. The second-order valence-corrected chi connectivity index (χ2v) is 2.18. The van der Waals surface area contributed by atoms with Gasteiger partial charge in [0.15, 0.2) is 0 Å². The highest BCUT2D eigenvalue weighted by Crippen LogP contribution is 2.07. The lowest BCUT2D eigenvalue weighted by molar-refractivity contribution is 0.161. The molecule has 1 aromatic carbocycles. The van der Waals surface area contributed by atoms with E-state index >= 15 is 0 Å². The molecule has 1 aromatic rings. The standard InChI is InChI=1S/C8H8F2N2.2C2H6/c9-8(10)12-5-6-3-1-2-4-7(6)11;2*1-2/h1-5,8H,11H2;2*1-2H3/b12-5+;;. The average Bonchev–Trinajstić information content (AvgIpc) is 2.33. The molecule has 0 aliphatic rings. The molecular formula is C12H20F2N2. The molecule has 92 valence electrons. The molecule has 0 aromatic heterocycles. The zero-order chi connectivity index (χ0) is 13.0. The second kappa shape index (κ2) is 11.6. The van der Waals surface area contributed by atoms with Crippen molar-refractivity contribution in [3.63, 3.8) is 0 Å². The van der Waals surface area contributed by atoms with Gasteiger partial charge in [-0.1, -0.05) is 45.9 Å². The van der Waals surface area contributed by atoms with E-state index < -0.39 is 6.55 Å². The molecule has 0 atom stereocenters. The maximum Gasteiger partial charge on any atom is 0.331 e. The Bertz CT molecular complexity index is 286. The number of nitrogens with zero attached hydrogens (tertiary/aromatic N) is 1. The van der Waals surface area contributed by atoms with E-state index in [1.54, 1.807) is 24.3 Å². The van der Waals surface area contributed by atoms with Gasteiger partial charge in [0.2, 0.25) is 0 Å². The van der Waals surface area contributed by atoms with Crippen LogP contribution in [0.5, 0.6) is 0 Å². The predicted octanol–water partition coefficient (Wildman–Crippen LogP) is 3.96. The van der Waals surface area contributed by atoms with Gasteiger partial charge in [0.05, 0.1) is 0 Å². The van der Waals surface area contributed by atoms with Crippen LogP contribution in [0.3, 0.4) is 0 Å². The van der Waals surface area contributed by atoms with Gasteiger partial charge in [-0.05, 0) is 6.07 Å². The molecule has 0 saturated heterocycles. The molecule has 1 rings (SSSR count). The minimum atomic E-state index is -2.68. The summed E-state index contributed by atoms with van der Waals surface area (Å²) in [7, 11) is 0. The van der Waals surface area contributed by atoms with E-state index in [4.69, 9.17) is 5.73 Å². The first-order valence-electron chi connectivity index (χ1n) is 5.36. The van der Waals surface area contributed by atoms with Crippen molar-refractivity contribution in [1.29, 1.82) is 0 Å². The van der Waals surface area contributed by atoms with Crippen LogP contribution in [0, 0.1) is 0 Å². The van der Waals surface area contributed by atoms with Crippen molar-refractivity contribution in [2.45, 2.75) is 34.2 Å². The van der Waals surface area contributed by atoms with E-state index in [1.165, 1.54) is 0 Å². The lowest BCUT2D eigenvalue weighted by Crippen LogP contribution is -1.93. The first kappa shape index (κ1) is 17.0. The van der Waals surface area contributed by atoms with Crippen molar-refractivity contribution in [3.05, 3.63) is 29.8 Å². The number of rotatable bonds is 2. The third-order valence-corrected chi connectivity index (χ3v) is 1.32. The molecule has 0 bridgehead atoms. The van der Waals surface area contributed by atoms with Crippen LogP contribution in [0.4, 0.5) is 14.5 Å². The highest BCUT2D eigenvalue weighted by atomic mass is 19.3. The Kier molecular flexibility index (Phi) is 12.3. The highest BCUT2D eigenvalue weighted by molar-refractivity contribution is 5.86. The van der Waals surface area contributed by atoms with Crippen molar-refractivity contribution in [3.8, 4) is 0 Å². The summed E-state index contributed by atoms with van der Waals surface area (Å²) in [6.45, 7) is 5.32. The van der Waals surface area contributed by atoms with Gasteiger partial charge in [-0.2, -0.15) is 8.78 Å². The summed E-state index contributed by atoms with van der Waals surface area (Å²) in [6, 6.07) is 6.70. The van der Waals surface area contributed by atoms with Crippen molar-refractivity contribution in [2.75, 3.05) is 5.73 Å². The Labute approximate surface area is 96.2 Å². The Hall–Kier alpha value is -1.45. The maximum absolute atomic E-state index is 11.6. The Morgan fingerprint density at radius 1 is 1.12 bits per heavy atom. The van der Waals surface area contributed by atoms with Gasteiger partial charge in [0.1, 0.15) is 0 Å². The van der Waals surface area contributed by atoms with E-state index in [1.807, 2.05) is 27.7 Å². The molecule has 16 heavy (non-hydrogen) atoms. The van der Waals surface area contributed by atoms with Crippen molar-refractivity contribution in [2.24, 2.45) is 4.99 Å². The third kappa shape index (κ3) is 7.91. The molecule has 0 saturated carbocycles. The monoisotopic (exact) mass is 230 g/mol. The molecule has 0 radical (unpaired) electrons. The van der Waals surface area contributed by atoms with Crippen LogP contribution in [0.2, 0.25) is 0 Å². The molecule has 2 N–H and O–H groups in total. The van der Waals surface area contributed by atoms with Crippen molar-refractivity contribution < 1.29 is 8.78 Å². The lowest BCUT2D eigenvalue weighted by atomic mass is 10.2. The number of hydrogen-bond donors (Lipinski definition) is 1. The summed E-state index contributed by atoms with van der Waals surface area (Å²) in [4.78, 5) is 2.92. The van der Waals surface area contributed by atoms with Gasteiger partial charge in [0, 0.05) is 17.5 Å². The van der Waals surface area contributed by atoms with Gasteiger partial charge >= 0.3 is 6.55 Å². The molecule has 0 fully saturated rings. The molecular weight excluding hydrogens is 210 g/mol. The normalized spacial score (nSPS) is 9.19. The third-order valence-electron chi connectivity index (χ3n) is 1.32. The number of halogens is 2. The van der Waals surface area contributed by atoms with E-state index in [2.05, 4.69) is 4.99 Å². The van der Waals surface area contributed by atoms with E-state index in [0.717, 1.165) is 6.21 Å². The smallest absolute Gasteiger partial charge is 0.331 e. The Morgan fingerprint density at radius 3 is 2.06 bits per heavy atom. The number of nitrogens with two attached hydrogens (primary N) is 1.